The van der Waals surface area contributed by atoms with Crippen molar-refractivity contribution in [2.45, 2.75) is 97.8 Å². The molecule has 134 valence electrons. The number of nitrogens with zero attached hydrogens (tertiary/aromatic N) is 1. The maximum absolute atomic E-state index is 9.59. The summed E-state index contributed by atoms with van der Waals surface area (Å²) in [4.78, 5) is 0. The number of aliphatic hydroxyl groups is 1. The summed E-state index contributed by atoms with van der Waals surface area (Å²) in [5, 5.41) is 9.59. The summed E-state index contributed by atoms with van der Waals surface area (Å²) in [7, 11) is 0. The fourth-order valence-corrected chi connectivity index (χ4v) is 3.50. The number of unbranched alkanes of at least 4 members (excludes halogenated alkanes) is 9. The summed E-state index contributed by atoms with van der Waals surface area (Å²) in [6.45, 7) is 12.1. The minimum Gasteiger partial charge on any atom is -0.391 e. The van der Waals surface area contributed by atoms with Crippen LogP contribution < -0.4 is 0 Å². The van der Waals surface area contributed by atoms with Crippen LogP contribution in [0.5, 0.6) is 0 Å². The number of quaternary nitrogens is 1. The van der Waals surface area contributed by atoms with Gasteiger partial charge in [-0.15, -0.1) is 0 Å². The van der Waals surface area contributed by atoms with Crippen molar-refractivity contribution < 1.29 is 9.59 Å². The van der Waals surface area contributed by atoms with Crippen molar-refractivity contribution in [3.05, 3.63) is 0 Å². The normalized spacial score (nSPS) is 12.0. The van der Waals surface area contributed by atoms with Crippen molar-refractivity contribution in [2.75, 3.05) is 32.8 Å². The number of aliphatic hydroxyl groups excluding tert-OH is 1. The van der Waals surface area contributed by atoms with Gasteiger partial charge in [-0.3, -0.25) is 0 Å². The van der Waals surface area contributed by atoms with E-state index in [-0.39, 0.29) is 0 Å². The highest BCUT2D eigenvalue weighted by atomic mass is 16.3. The first-order chi connectivity index (χ1) is 10.7. The Bertz CT molecular complexity index is 186. The average Bonchev–Trinajstić information content (AvgIpc) is 2.53. The molecule has 2 nitrogen and oxygen atoms in total. The van der Waals surface area contributed by atoms with Crippen molar-refractivity contribution in [2.24, 2.45) is 0 Å². The Morgan fingerprint density at radius 1 is 0.500 bits per heavy atom. The summed E-state index contributed by atoms with van der Waals surface area (Å²) >= 11 is 0. The van der Waals surface area contributed by atoms with E-state index in [4.69, 9.17) is 0 Å². The predicted octanol–water partition coefficient (Wildman–Crippen LogP) is 5.54. The maximum Gasteiger partial charge on any atom is 0.102 e. The lowest BCUT2D eigenvalue weighted by atomic mass is 10.1. The molecule has 22 heavy (non-hydrogen) atoms. The van der Waals surface area contributed by atoms with Crippen molar-refractivity contribution in [1.82, 2.24) is 0 Å². The molecule has 0 atom stereocenters. The number of hydrogen-bond acceptors (Lipinski definition) is 1. The summed E-state index contributed by atoms with van der Waals surface area (Å²) in [5.41, 5.74) is 0. The van der Waals surface area contributed by atoms with Gasteiger partial charge in [0.2, 0.25) is 0 Å². The standard InChI is InChI=1S/C20H44NO/c1-4-7-10-13-16-21(19-20-22,17-14-11-8-5-2)18-15-12-9-6-3/h22H,4-20H2,1-3H3/q+1. The van der Waals surface area contributed by atoms with Crippen LogP contribution in [0.3, 0.4) is 0 Å². The molecule has 0 aliphatic carbocycles. The minimum atomic E-state index is 0.356. The third kappa shape index (κ3) is 11.5. The van der Waals surface area contributed by atoms with Crippen molar-refractivity contribution >= 4 is 0 Å². The lowest BCUT2D eigenvalue weighted by Crippen LogP contribution is -2.51. The Kier molecular flexibility index (Phi) is 15.7. The molecular weight excluding hydrogens is 270 g/mol. The SMILES string of the molecule is CCCCCC[N+](CCO)(CCCCCC)CCCCCC. The zero-order chi connectivity index (χ0) is 16.5. The molecule has 0 spiro atoms. The first-order valence-corrected chi connectivity index (χ1v) is 10.2. The molecule has 0 rings (SSSR count). The summed E-state index contributed by atoms with van der Waals surface area (Å²) < 4.78 is 1.19. The van der Waals surface area contributed by atoms with Gasteiger partial charge >= 0.3 is 0 Å². The molecule has 2 heteroatoms. The van der Waals surface area contributed by atoms with Gasteiger partial charge in [0.1, 0.15) is 6.54 Å². The smallest absolute Gasteiger partial charge is 0.102 e. The van der Waals surface area contributed by atoms with Crippen LogP contribution in [0.25, 0.3) is 0 Å². The van der Waals surface area contributed by atoms with Crippen LogP contribution in [0.2, 0.25) is 0 Å². The van der Waals surface area contributed by atoms with E-state index in [1.54, 1.807) is 0 Å². The topological polar surface area (TPSA) is 20.2 Å². The van der Waals surface area contributed by atoms with Gasteiger partial charge in [-0.25, -0.2) is 0 Å². The van der Waals surface area contributed by atoms with Gasteiger partial charge in [0.05, 0.1) is 26.2 Å². The number of hydrogen-bond donors (Lipinski definition) is 1. The van der Waals surface area contributed by atoms with Gasteiger partial charge in [0, 0.05) is 0 Å². The Hall–Kier alpha value is -0.0800. The Labute approximate surface area is 140 Å². The molecule has 0 aliphatic heterocycles. The second-order valence-corrected chi connectivity index (χ2v) is 7.14. The molecule has 0 unspecified atom stereocenters. The second-order valence-electron chi connectivity index (χ2n) is 7.14. The van der Waals surface area contributed by atoms with Crippen molar-refractivity contribution in [3.63, 3.8) is 0 Å². The Morgan fingerprint density at radius 2 is 0.864 bits per heavy atom. The Morgan fingerprint density at radius 3 is 1.14 bits per heavy atom. The van der Waals surface area contributed by atoms with Crippen LogP contribution in [0.1, 0.15) is 97.8 Å². The van der Waals surface area contributed by atoms with Gasteiger partial charge in [-0.1, -0.05) is 59.3 Å². The minimum absolute atomic E-state index is 0.356. The van der Waals surface area contributed by atoms with Crippen LogP contribution in [0.4, 0.5) is 0 Å². The molecule has 0 aromatic carbocycles. The monoisotopic (exact) mass is 314 g/mol. The van der Waals surface area contributed by atoms with Crippen LogP contribution in [0, 0.1) is 0 Å². The molecule has 0 heterocycles. The second kappa shape index (κ2) is 15.8. The van der Waals surface area contributed by atoms with E-state index >= 15 is 0 Å². The first kappa shape index (κ1) is 21.9. The molecule has 1 N–H and O–H groups in total. The zero-order valence-corrected chi connectivity index (χ0v) is 15.9. The predicted molar refractivity (Wildman–Crippen MR) is 99.2 cm³/mol. The van der Waals surface area contributed by atoms with E-state index in [0.29, 0.717) is 6.61 Å². The molecule has 0 amide bonds. The van der Waals surface area contributed by atoms with Gasteiger partial charge in [0.25, 0.3) is 0 Å². The molecule has 0 bridgehead atoms. The highest BCUT2D eigenvalue weighted by Gasteiger charge is 2.25. The summed E-state index contributed by atoms with van der Waals surface area (Å²) in [5.74, 6) is 0. The zero-order valence-electron chi connectivity index (χ0n) is 15.9. The van der Waals surface area contributed by atoms with E-state index in [1.165, 1.54) is 101 Å². The van der Waals surface area contributed by atoms with Gasteiger partial charge < -0.3 is 9.59 Å². The first-order valence-electron chi connectivity index (χ1n) is 10.2. The van der Waals surface area contributed by atoms with Crippen LogP contribution in [-0.2, 0) is 0 Å². The fourth-order valence-electron chi connectivity index (χ4n) is 3.50. The maximum atomic E-state index is 9.59. The lowest BCUT2D eigenvalue weighted by Gasteiger charge is -2.39. The third-order valence-electron chi connectivity index (χ3n) is 5.03. The summed E-state index contributed by atoms with van der Waals surface area (Å²) in [6, 6.07) is 0. The van der Waals surface area contributed by atoms with Crippen LogP contribution in [-0.4, -0.2) is 42.4 Å². The number of rotatable bonds is 17. The largest absolute Gasteiger partial charge is 0.391 e. The van der Waals surface area contributed by atoms with Gasteiger partial charge in [-0.05, 0) is 38.5 Å². The fraction of sp³-hybridized carbons (Fsp3) is 1.00. The summed E-state index contributed by atoms with van der Waals surface area (Å²) in [6.07, 6.45) is 16.2. The van der Waals surface area contributed by atoms with Crippen molar-refractivity contribution in [1.29, 1.82) is 0 Å². The van der Waals surface area contributed by atoms with E-state index in [9.17, 15) is 5.11 Å². The van der Waals surface area contributed by atoms with E-state index < -0.39 is 0 Å². The molecular formula is C20H44NO+. The van der Waals surface area contributed by atoms with E-state index in [2.05, 4.69) is 20.8 Å². The molecule has 0 aromatic rings. The average molecular weight is 315 g/mol. The quantitative estimate of drug-likeness (QED) is 0.276. The molecule has 0 radical (unpaired) electrons. The molecule has 0 aliphatic rings. The van der Waals surface area contributed by atoms with E-state index in [1.807, 2.05) is 0 Å². The molecule has 0 aromatic heterocycles. The molecule has 0 fully saturated rings. The van der Waals surface area contributed by atoms with Crippen LogP contribution >= 0.6 is 0 Å². The van der Waals surface area contributed by atoms with Crippen LogP contribution in [0.15, 0.2) is 0 Å². The van der Waals surface area contributed by atoms with Gasteiger partial charge in [-0.2, -0.15) is 0 Å². The highest BCUT2D eigenvalue weighted by molar-refractivity contribution is 4.51. The van der Waals surface area contributed by atoms with Crippen molar-refractivity contribution in [3.8, 4) is 0 Å². The van der Waals surface area contributed by atoms with E-state index in [0.717, 1.165) is 6.54 Å². The third-order valence-corrected chi connectivity index (χ3v) is 5.03. The Balaban J connectivity index is 4.39. The molecule has 0 saturated heterocycles. The molecule has 0 saturated carbocycles. The highest BCUT2D eigenvalue weighted by Crippen LogP contribution is 2.17. The lowest BCUT2D eigenvalue weighted by molar-refractivity contribution is -0.929. The van der Waals surface area contributed by atoms with Gasteiger partial charge in [0.15, 0.2) is 0 Å².